The van der Waals surface area contributed by atoms with Gasteiger partial charge in [-0.15, -0.1) is 0 Å². The van der Waals surface area contributed by atoms with Crippen LogP contribution in [0.3, 0.4) is 0 Å². The van der Waals surface area contributed by atoms with Gasteiger partial charge in [-0.25, -0.2) is 4.79 Å². The Labute approximate surface area is 129 Å². The molecule has 1 saturated heterocycles. The average Bonchev–Trinajstić information content (AvgIpc) is 2.87. The highest BCUT2D eigenvalue weighted by Crippen LogP contribution is 2.21. The standard InChI is InChI=1S/C16H21NO5/c1-15(2,3)22-12-6-4-11(5-7-12)13(18)17-16(14(19)20)8-9-21-10-16/h4-7H,8-10H2,1-3H3,(H,17,18)(H,19,20). The molecule has 0 aromatic heterocycles. The number of aliphatic carboxylic acids is 1. The smallest absolute Gasteiger partial charge is 0.331 e. The maximum Gasteiger partial charge on any atom is 0.331 e. The average molecular weight is 307 g/mol. The molecule has 2 rings (SSSR count). The van der Waals surface area contributed by atoms with Crippen molar-refractivity contribution in [3.8, 4) is 5.75 Å². The molecule has 1 heterocycles. The zero-order chi connectivity index (χ0) is 16.4. The lowest BCUT2D eigenvalue weighted by atomic mass is 9.98. The number of carbonyl (C=O) groups is 2. The Morgan fingerprint density at radius 3 is 2.36 bits per heavy atom. The third-order valence-electron chi connectivity index (χ3n) is 3.32. The highest BCUT2D eigenvalue weighted by Gasteiger charge is 2.44. The lowest BCUT2D eigenvalue weighted by Gasteiger charge is -2.24. The van der Waals surface area contributed by atoms with Gasteiger partial charge in [-0.05, 0) is 45.0 Å². The fraction of sp³-hybridized carbons (Fsp3) is 0.500. The van der Waals surface area contributed by atoms with Gasteiger partial charge in [0.05, 0.1) is 6.61 Å². The second kappa shape index (κ2) is 5.96. The third kappa shape index (κ3) is 3.76. The fourth-order valence-corrected chi connectivity index (χ4v) is 2.20. The predicted molar refractivity (Wildman–Crippen MR) is 80.1 cm³/mol. The van der Waals surface area contributed by atoms with Crippen LogP contribution in [0.5, 0.6) is 5.75 Å². The summed E-state index contributed by atoms with van der Waals surface area (Å²) in [5.74, 6) is -0.859. The molecule has 1 aliphatic heterocycles. The van der Waals surface area contributed by atoms with E-state index in [0.29, 0.717) is 17.9 Å². The highest BCUT2D eigenvalue weighted by molar-refractivity contribution is 5.98. The second-order valence-corrected chi connectivity index (χ2v) is 6.38. The quantitative estimate of drug-likeness (QED) is 0.886. The van der Waals surface area contributed by atoms with Crippen molar-refractivity contribution in [1.82, 2.24) is 5.32 Å². The van der Waals surface area contributed by atoms with Crippen LogP contribution in [0.4, 0.5) is 0 Å². The first-order chi connectivity index (χ1) is 10.2. The van der Waals surface area contributed by atoms with Crippen molar-refractivity contribution in [2.75, 3.05) is 13.2 Å². The molecule has 2 N–H and O–H groups in total. The molecule has 6 nitrogen and oxygen atoms in total. The summed E-state index contributed by atoms with van der Waals surface area (Å²) in [4.78, 5) is 23.6. The second-order valence-electron chi connectivity index (χ2n) is 6.38. The number of hydrogen-bond donors (Lipinski definition) is 2. The minimum atomic E-state index is -1.34. The molecule has 0 spiro atoms. The Morgan fingerprint density at radius 2 is 1.91 bits per heavy atom. The highest BCUT2D eigenvalue weighted by atomic mass is 16.5. The first kappa shape index (κ1) is 16.3. The largest absolute Gasteiger partial charge is 0.488 e. The number of rotatable bonds is 4. The lowest BCUT2D eigenvalue weighted by Crippen LogP contribution is -2.55. The predicted octanol–water partition coefficient (Wildman–Crippen LogP) is 1.84. The summed E-state index contributed by atoms with van der Waals surface area (Å²) >= 11 is 0. The minimum absolute atomic E-state index is 0.0146. The van der Waals surface area contributed by atoms with Gasteiger partial charge in [0.25, 0.3) is 5.91 Å². The zero-order valence-electron chi connectivity index (χ0n) is 13.0. The summed E-state index contributed by atoms with van der Waals surface area (Å²) in [5, 5.41) is 11.9. The summed E-state index contributed by atoms with van der Waals surface area (Å²) in [6.07, 6.45) is 0.263. The number of ether oxygens (including phenoxy) is 2. The molecule has 1 atom stereocenters. The number of hydrogen-bond acceptors (Lipinski definition) is 4. The molecule has 1 amide bonds. The first-order valence-corrected chi connectivity index (χ1v) is 7.15. The summed E-state index contributed by atoms with van der Waals surface area (Å²) < 4.78 is 10.8. The van der Waals surface area contributed by atoms with Crippen molar-refractivity contribution in [3.63, 3.8) is 0 Å². The molecule has 1 unspecified atom stereocenters. The molecule has 1 aromatic rings. The van der Waals surface area contributed by atoms with Crippen LogP contribution in [0.15, 0.2) is 24.3 Å². The lowest BCUT2D eigenvalue weighted by molar-refractivity contribution is -0.144. The molecule has 1 aliphatic rings. The Hall–Kier alpha value is -2.08. The van der Waals surface area contributed by atoms with Crippen LogP contribution in [-0.2, 0) is 9.53 Å². The minimum Gasteiger partial charge on any atom is -0.488 e. The van der Waals surface area contributed by atoms with E-state index < -0.39 is 17.4 Å². The van der Waals surface area contributed by atoms with Crippen LogP contribution >= 0.6 is 0 Å². The van der Waals surface area contributed by atoms with Crippen molar-refractivity contribution in [3.05, 3.63) is 29.8 Å². The molecule has 0 bridgehead atoms. The maximum absolute atomic E-state index is 12.2. The van der Waals surface area contributed by atoms with Crippen molar-refractivity contribution in [2.45, 2.75) is 38.3 Å². The van der Waals surface area contributed by atoms with E-state index in [-0.39, 0.29) is 18.6 Å². The summed E-state index contributed by atoms with van der Waals surface area (Å²) in [5.41, 5.74) is -1.27. The number of nitrogens with one attached hydrogen (secondary N) is 1. The van der Waals surface area contributed by atoms with Gasteiger partial charge in [0, 0.05) is 18.6 Å². The molecule has 0 aliphatic carbocycles. The van der Waals surface area contributed by atoms with Crippen LogP contribution < -0.4 is 10.1 Å². The molecular formula is C16H21NO5. The molecule has 22 heavy (non-hydrogen) atoms. The number of carboxylic acids is 1. The molecule has 6 heteroatoms. The molecule has 0 saturated carbocycles. The third-order valence-corrected chi connectivity index (χ3v) is 3.32. The van der Waals surface area contributed by atoms with E-state index in [1.165, 1.54) is 0 Å². The topological polar surface area (TPSA) is 84.9 Å². The summed E-state index contributed by atoms with van der Waals surface area (Å²) in [7, 11) is 0. The SMILES string of the molecule is CC(C)(C)Oc1ccc(C(=O)NC2(C(=O)O)CCOC2)cc1. The van der Waals surface area contributed by atoms with Crippen molar-refractivity contribution < 1.29 is 24.2 Å². The van der Waals surface area contributed by atoms with Crippen molar-refractivity contribution >= 4 is 11.9 Å². The molecule has 120 valence electrons. The van der Waals surface area contributed by atoms with Crippen LogP contribution in [0.1, 0.15) is 37.6 Å². The van der Waals surface area contributed by atoms with Gasteiger partial charge < -0.3 is 19.9 Å². The molecule has 1 fully saturated rings. The van der Waals surface area contributed by atoms with Crippen molar-refractivity contribution in [1.29, 1.82) is 0 Å². The first-order valence-electron chi connectivity index (χ1n) is 7.15. The molecule has 1 aromatic carbocycles. The van der Waals surface area contributed by atoms with Crippen LogP contribution in [-0.4, -0.2) is 41.3 Å². The maximum atomic E-state index is 12.2. The van der Waals surface area contributed by atoms with Gasteiger partial charge >= 0.3 is 5.97 Å². The van der Waals surface area contributed by atoms with Crippen LogP contribution in [0.25, 0.3) is 0 Å². The van der Waals surface area contributed by atoms with Gasteiger partial charge in [-0.1, -0.05) is 0 Å². The number of benzene rings is 1. The van der Waals surface area contributed by atoms with Crippen molar-refractivity contribution in [2.24, 2.45) is 0 Å². The van der Waals surface area contributed by atoms with Gasteiger partial charge in [0.15, 0.2) is 5.54 Å². The van der Waals surface area contributed by atoms with Crippen LogP contribution in [0.2, 0.25) is 0 Å². The van der Waals surface area contributed by atoms with E-state index in [4.69, 9.17) is 9.47 Å². The van der Waals surface area contributed by atoms with E-state index >= 15 is 0 Å². The Bertz CT molecular complexity index is 553. The van der Waals surface area contributed by atoms with Gasteiger partial charge in [-0.3, -0.25) is 4.79 Å². The van der Waals surface area contributed by atoms with E-state index in [2.05, 4.69) is 5.32 Å². The van der Waals surface area contributed by atoms with Crippen LogP contribution in [0, 0.1) is 0 Å². The summed E-state index contributed by atoms with van der Waals surface area (Å²) in [6.45, 7) is 6.11. The molecule has 0 radical (unpaired) electrons. The monoisotopic (exact) mass is 307 g/mol. The van der Waals surface area contributed by atoms with E-state index in [9.17, 15) is 14.7 Å². The fourth-order valence-electron chi connectivity index (χ4n) is 2.20. The Balaban J connectivity index is 2.08. The van der Waals surface area contributed by atoms with Gasteiger partial charge in [0.1, 0.15) is 11.4 Å². The number of carbonyl (C=O) groups excluding carboxylic acids is 1. The Kier molecular flexibility index (Phi) is 4.42. The van der Waals surface area contributed by atoms with E-state index in [1.807, 2.05) is 20.8 Å². The van der Waals surface area contributed by atoms with Gasteiger partial charge in [-0.2, -0.15) is 0 Å². The van der Waals surface area contributed by atoms with E-state index in [0.717, 1.165) is 0 Å². The van der Waals surface area contributed by atoms with E-state index in [1.54, 1.807) is 24.3 Å². The molecular weight excluding hydrogens is 286 g/mol. The Morgan fingerprint density at radius 1 is 1.27 bits per heavy atom. The summed E-state index contributed by atoms with van der Waals surface area (Å²) in [6, 6.07) is 6.61. The number of amides is 1. The normalized spacial score (nSPS) is 21.4. The zero-order valence-corrected chi connectivity index (χ0v) is 13.0. The van der Waals surface area contributed by atoms with Gasteiger partial charge in [0.2, 0.25) is 0 Å². The number of carboxylic acid groups (broad SMARTS) is 1.